The molecular weight excluding hydrogens is 290 g/mol. The van der Waals surface area contributed by atoms with Gasteiger partial charge in [-0.1, -0.05) is 25.7 Å². The lowest BCUT2D eigenvalue weighted by molar-refractivity contribution is 0.0479. The molecule has 23 heavy (non-hydrogen) atoms. The van der Waals surface area contributed by atoms with Gasteiger partial charge in [0.25, 0.3) is 0 Å². The zero-order chi connectivity index (χ0) is 17.1. The molecule has 3 N–H and O–H groups in total. The molecule has 0 aromatic rings. The van der Waals surface area contributed by atoms with Crippen molar-refractivity contribution in [1.29, 1.82) is 0 Å². The number of nitrogens with one attached hydrogen (secondary N) is 1. The van der Waals surface area contributed by atoms with Gasteiger partial charge in [-0.15, -0.1) is 0 Å². The van der Waals surface area contributed by atoms with E-state index in [1.807, 2.05) is 20.8 Å². The number of piperidine rings is 1. The third-order valence-corrected chi connectivity index (χ3v) is 4.24. The molecule has 0 saturated carbocycles. The Kier molecular flexibility index (Phi) is 9.56. The van der Waals surface area contributed by atoms with Gasteiger partial charge in [-0.3, -0.25) is 0 Å². The third-order valence-electron chi connectivity index (χ3n) is 4.24. The number of carbonyl (C=O) groups excluding carboxylic acids is 1. The molecule has 5 nitrogen and oxygen atoms in total. The van der Waals surface area contributed by atoms with Crippen LogP contribution in [0.15, 0.2) is 0 Å². The molecule has 1 aliphatic heterocycles. The van der Waals surface area contributed by atoms with Crippen LogP contribution in [0.4, 0.5) is 4.79 Å². The van der Waals surface area contributed by atoms with Crippen molar-refractivity contribution in [3.05, 3.63) is 0 Å². The number of carbonyl (C=O) groups is 1. The van der Waals surface area contributed by atoms with Gasteiger partial charge in [-0.2, -0.15) is 0 Å². The van der Waals surface area contributed by atoms with E-state index in [0.717, 1.165) is 38.9 Å². The number of likely N-dealkylation sites (tertiary alicyclic amines) is 1. The minimum absolute atomic E-state index is 0.261. The summed E-state index contributed by atoms with van der Waals surface area (Å²) in [6, 6.07) is 0.261. The zero-order valence-electron chi connectivity index (χ0n) is 15.4. The van der Waals surface area contributed by atoms with E-state index in [9.17, 15) is 4.79 Å². The Morgan fingerprint density at radius 1 is 1.09 bits per heavy atom. The number of alkyl carbamates (subject to hydrolysis) is 1. The fraction of sp³-hybridized carbons (Fsp3) is 0.944. The van der Waals surface area contributed by atoms with E-state index in [1.54, 1.807) is 0 Å². The van der Waals surface area contributed by atoms with Crippen LogP contribution in [-0.2, 0) is 4.74 Å². The van der Waals surface area contributed by atoms with Crippen LogP contribution in [0, 0.1) is 0 Å². The minimum atomic E-state index is -0.422. The summed E-state index contributed by atoms with van der Waals surface area (Å²) >= 11 is 0. The quantitative estimate of drug-likeness (QED) is 0.638. The molecule has 1 heterocycles. The second kappa shape index (κ2) is 10.9. The van der Waals surface area contributed by atoms with Crippen molar-refractivity contribution < 1.29 is 9.53 Å². The summed E-state index contributed by atoms with van der Waals surface area (Å²) < 4.78 is 5.32. The summed E-state index contributed by atoms with van der Waals surface area (Å²) in [6.07, 6.45) is 9.46. The summed E-state index contributed by atoms with van der Waals surface area (Å²) in [6.45, 7) is 9.85. The second-order valence-electron chi connectivity index (χ2n) is 7.67. The van der Waals surface area contributed by atoms with Crippen LogP contribution in [0.25, 0.3) is 0 Å². The topological polar surface area (TPSA) is 67.6 Å². The lowest BCUT2D eigenvalue weighted by Crippen LogP contribution is -2.46. The van der Waals surface area contributed by atoms with Gasteiger partial charge in [0.1, 0.15) is 5.60 Å². The summed E-state index contributed by atoms with van der Waals surface area (Å²) in [5.74, 6) is 0. The first-order valence-electron chi connectivity index (χ1n) is 9.32. The van der Waals surface area contributed by atoms with Gasteiger partial charge in [0.2, 0.25) is 0 Å². The van der Waals surface area contributed by atoms with Gasteiger partial charge in [-0.05, 0) is 59.5 Å². The number of ether oxygens (including phenoxy) is 1. The fourth-order valence-corrected chi connectivity index (χ4v) is 2.96. The average Bonchev–Trinajstić information content (AvgIpc) is 2.46. The van der Waals surface area contributed by atoms with Crippen molar-refractivity contribution in [2.75, 3.05) is 26.2 Å². The first kappa shape index (κ1) is 20.2. The molecule has 0 bridgehead atoms. The van der Waals surface area contributed by atoms with Gasteiger partial charge < -0.3 is 20.7 Å². The first-order valence-corrected chi connectivity index (χ1v) is 9.32. The van der Waals surface area contributed by atoms with Crippen LogP contribution in [-0.4, -0.2) is 48.8 Å². The number of hydrogen-bond donors (Lipinski definition) is 2. The largest absolute Gasteiger partial charge is 0.444 e. The van der Waals surface area contributed by atoms with Crippen LogP contribution >= 0.6 is 0 Å². The van der Waals surface area contributed by atoms with Crippen LogP contribution in [0.1, 0.15) is 72.1 Å². The molecule has 0 aromatic heterocycles. The monoisotopic (exact) mass is 327 g/mol. The van der Waals surface area contributed by atoms with Crippen LogP contribution < -0.4 is 11.1 Å². The second-order valence-corrected chi connectivity index (χ2v) is 7.67. The van der Waals surface area contributed by atoms with Crippen molar-refractivity contribution in [2.45, 2.75) is 83.8 Å². The predicted molar refractivity (Wildman–Crippen MR) is 95.6 cm³/mol. The molecule has 0 unspecified atom stereocenters. The lowest BCUT2D eigenvalue weighted by Gasteiger charge is -2.32. The highest BCUT2D eigenvalue weighted by Gasteiger charge is 2.23. The highest BCUT2D eigenvalue weighted by molar-refractivity contribution is 5.68. The highest BCUT2D eigenvalue weighted by Crippen LogP contribution is 2.14. The number of unbranched alkanes of at least 4 members (excludes halogenated alkanes) is 5. The van der Waals surface area contributed by atoms with Crippen molar-refractivity contribution >= 4 is 6.09 Å². The Morgan fingerprint density at radius 3 is 2.22 bits per heavy atom. The van der Waals surface area contributed by atoms with E-state index in [2.05, 4.69) is 10.2 Å². The van der Waals surface area contributed by atoms with Crippen molar-refractivity contribution in [2.24, 2.45) is 5.73 Å². The average molecular weight is 328 g/mol. The van der Waals surface area contributed by atoms with Gasteiger partial charge >= 0.3 is 6.09 Å². The zero-order valence-corrected chi connectivity index (χ0v) is 15.4. The molecule has 1 aliphatic rings. The molecule has 0 aromatic carbocycles. The smallest absolute Gasteiger partial charge is 0.407 e. The Bertz CT molecular complexity index is 321. The molecule has 0 radical (unpaired) electrons. The van der Waals surface area contributed by atoms with Crippen LogP contribution in [0.2, 0.25) is 0 Å². The van der Waals surface area contributed by atoms with Gasteiger partial charge in [0.15, 0.2) is 0 Å². The molecule has 1 amide bonds. The maximum Gasteiger partial charge on any atom is 0.407 e. The molecule has 0 spiro atoms. The standard InChI is InChI=1S/C18H37N3O2/c1-18(2,3)23-17(22)20-16-10-14-21(15-11-16)13-9-7-5-4-6-8-12-19/h16H,4-15,19H2,1-3H3,(H,20,22). The van der Waals surface area contributed by atoms with Gasteiger partial charge in [-0.25, -0.2) is 4.79 Å². The Hall–Kier alpha value is -0.810. The number of rotatable bonds is 9. The van der Waals surface area contributed by atoms with E-state index in [0.29, 0.717) is 0 Å². The van der Waals surface area contributed by atoms with E-state index >= 15 is 0 Å². The van der Waals surface area contributed by atoms with Gasteiger partial charge in [0, 0.05) is 19.1 Å². The first-order chi connectivity index (χ1) is 10.9. The number of nitrogens with zero attached hydrogens (tertiary/aromatic N) is 1. The van der Waals surface area contributed by atoms with Crippen molar-refractivity contribution in [3.63, 3.8) is 0 Å². The Morgan fingerprint density at radius 2 is 1.65 bits per heavy atom. The number of amides is 1. The van der Waals surface area contributed by atoms with E-state index in [4.69, 9.17) is 10.5 Å². The highest BCUT2D eigenvalue weighted by atomic mass is 16.6. The lowest BCUT2D eigenvalue weighted by atomic mass is 10.0. The molecular formula is C18H37N3O2. The summed E-state index contributed by atoms with van der Waals surface area (Å²) in [7, 11) is 0. The van der Waals surface area contributed by atoms with E-state index < -0.39 is 5.60 Å². The summed E-state index contributed by atoms with van der Waals surface area (Å²) in [5, 5.41) is 2.99. The van der Waals surface area contributed by atoms with Gasteiger partial charge in [0.05, 0.1) is 0 Å². The van der Waals surface area contributed by atoms with Crippen molar-refractivity contribution in [1.82, 2.24) is 10.2 Å². The molecule has 1 saturated heterocycles. The Labute approximate surface area is 142 Å². The van der Waals surface area contributed by atoms with Crippen molar-refractivity contribution in [3.8, 4) is 0 Å². The van der Waals surface area contributed by atoms with Crippen LogP contribution in [0.3, 0.4) is 0 Å². The molecule has 136 valence electrons. The van der Waals surface area contributed by atoms with E-state index in [1.165, 1.54) is 38.6 Å². The molecule has 1 rings (SSSR count). The fourth-order valence-electron chi connectivity index (χ4n) is 2.96. The van der Waals surface area contributed by atoms with Crippen LogP contribution in [0.5, 0.6) is 0 Å². The summed E-state index contributed by atoms with van der Waals surface area (Å²) in [4.78, 5) is 14.3. The Balaban J connectivity index is 2.03. The molecule has 0 atom stereocenters. The normalized spacial score (nSPS) is 17.2. The molecule has 0 aliphatic carbocycles. The maximum absolute atomic E-state index is 11.8. The number of nitrogens with two attached hydrogens (primary N) is 1. The summed E-state index contributed by atoms with van der Waals surface area (Å²) in [5.41, 5.74) is 5.08. The maximum atomic E-state index is 11.8. The third kappa shape index (κ3) is 10.6. The molecule has 1 fully saturated rings. The predicted octanol–water partition coefficient (Wildman–Crippen LogP) is 3.27. The number of hydrogen-bond acceptors (Lipinski definition) is 4. The minimum Gasteiger partial charge on any atom is -0.444 e. The van der Waals surface area contributed by atoms with E-state index in [-0.39, 0.29) is 12.1 Å². The molecule has 5 heteroatoms. The SMILES string of the molecule is CC(C)(C)OC(=O)NC1CCN(CCCCCCCCN)CC1.